The first-order valence-electron chi connectivity index (χ1n) is 10.8. The third kappa shape index (κ3) is 5.34. The Labute approximate surface area is 220 Å². The predicted octanol–water partition coefficient (Wildman–Crippen LogP) is 5.09. The Kier molecular flexibility index (Phi) is 6.64. The number of anilines is 2. The van der Waals surface area contributed by atoms with Crippen molar-refractivity contribution in [3.63, 3.8) is 0 Å². The van der Waals surface area contributed by atoms with E-state index in [0.29, 0.717) is 16.6 Å². The van der Waals surface area contributed by atoms with Crippen molar-refractivity contribution < 1.29 is 13.2 Å². The zero-order valence-electron chi connectivity index (χ0n) is 18.5. The summed E-state index contributed by atoms with van der Waals surface area (Å²) < 4.78 is 28.0. The molecule has 1 saturated carbocycles. The van der Waals surface area contributed by atoms with Crippen LogP contribution in [0.1, 0.15) is 12.8 Å². The van der Waals surface area contributed by atoms with Crippen LogP contribution in [-0.4, -0.2) is 30.5 Å². The first-order valence-corrected chi connectivity index (χ1v) is 13.9. The molecule has 0 saturated heterocycles. The quantitative estimate of drug-likeness (QED) is 0.288. The molecule has 3 N–H and O–H groups in total. The van der Waals surface area contributed by atoms with E-state index in [-0.39, 0.29) is 24.8 Å². The van der Waals surface area contributed by atoms with Gasteiger partial charge in [-0.15, -0.1) is 11.3 Å². The molecule has 0 spiro atoms. The number of rotatable bonds is 7. The Balaban J connectivity index is 1.33. The summed E-state index contributed by atoms with van der Waals surface area (Å²) in [4.78, 5) is 29.8. The summed E-state index contributed by atoms with van der Waals surface area (Å²) in [5.74, 6) is 0.719. The molecule has 0 atom stereocenters. The van der Waals surface area contributed by atoms with E-state index in [1.807, 2.05) is 16.9 Å². The van der Waals surface area contributed by atoms with Crippen LogP contribution < -0.4 is 20.9 Å². The van der Waals surface area contributed by atoms with Gasteiger partial charge < -0.3 is 10.6 Å². The number of carbonyl (C=O) groups excluding carboxylic acids is 1. The molecule has 2 heterocycles. The van der Waals surface area contributed by atoms with E-state index in [1.165, 1.54) is 54.1 Å². The van der Waals surface area contributed by atoms with Gasteiger partial charge in [0.15, 0.2) is 0 Å². The van der Waals surface area contributed by atoms with Gasteiger partial charge in [-0.1, -0.05) is 23.2 Å². The van der Waals surface area contributed by atoms with Gasteiger partial charge in [0.1, 0.15) is 10.5 Å². The average Bonchev–Trinajstić information content (AvgIpc) is 3.55. The van der Waals surface area contributed by atoms with Crippen LogP contribution in [0.5, 0.6) is 0 Å². The summed E-state index contributed by atoms with van der Waals surface area (Å²) in [5, 5.41) is 6.38. The zero-order chi connectivity index (χ0) is 25.4. The van der Waals surface area contributed by atoms with Gasteiger partial charge in [0, 0.05) is 17.9 Å². The molecule has 4 aromatic rings. The highest BCUT2D eigenvalue weighted by molar-refractivity contribution is 7.92. The summed E-state index contributed by atoms with van der Waals surface area (Å²) in [7, 11) is -4.07. The van der Waals surface area contributed by atoms with Gasteiger partial charge >= 0.3 is 6.03 Å². The minimum atomic E-state index is -4.07. The highest BCUT2D eigenvalue weighted by atomic mass is 35.5. The smallest absolute Gasteiger partial charge is 0.333 e. The van der Waals surface area contributed by atoms with Gasteiger partial charge in [-0.3, -0.25) is 9.36 Å². The summed E-state index contributed by atoms with van der Waals surface area (Å²) in [5.41, 5.74) is 1.77. The molecule has 2 amide bonds. The van der Waals surface area contributed by atoms with E-state index in [9.17, 15) is 18.0 Å². The van der Waals surface area contributed by atoms with Crippen LogP contribution in [0.2, 0.25) is 9.36 Å². The Morgan fingerprint density at radius 1 is 1.08 bits per heavy atom. The highest BCUT2D eigenvalue weighted by Crippen LogP contribution is 2.29. The van der Waals surface area contributed by atoms with Crippen LogP contribution in [0.4, 0.5) is 16.2 Å². The van der Waals surface area contributed by atoms with Crippen molar-refractivity contribution >= 4 is 72.9 Å². The molecule has 13 heteroatoms. The molecule has 9 nitrogen and oxygen atoms in total. The number of fused-ring (bicyclic) bond motifs is 1. The van der Waals surface area contributed by atoms with Gasteiger partial charge in [0.25, 0.3) is 15.6 Å². The molecular formula is C23H19Cl2N5O4S2. The normalized spacial score (nSPS) is 13.5. The lowest BCUT2D eigenvalue weighted by Gasteiger charge is -2.12. The van der Waals surface area contributed by atoms with Gasteiger partial charge in [-0.2, -0.15) is 0 Å². The number of halogens is 2. The molecule has 0 unspecified atom stereocenters. The average molecular weight is 564 g/mol. The number of hydrogen-bond donors (Lipinski definition) is 3. The summed E-state index contributed by atoms with van der Waals surface area (Å²) >= 11 is 13.0. The standard InChI is InChI=1S/C23H19Cl2N5O4S2/c24-17-9-15(28-23(32)29-36(33,34)21-8-7-20(25)35-21)4-6-19(17)30-12-27-18-10-14(26-11-13-1-2-13)3-5-16(18)22(30)31/h3-10,12-13,26H,1-2,11H2,(H2,28,29,32). The van der Waals surface area contributed by atoms with Gasteiger partial charge in [-0.25, -0.2) is 22.9 Å². The minimum absolute atomic E-state index is 0.0926. The van der Waals surface area contributed by atoms with E-state index in [2.05, 4.69) is 15.6 Å². The van der Waals surface area contributed by atoms with Crippen LogP contribution >= 0.6 is 34.5 Å². The lowest BCUT2D eigenvalue weighted by molar-refractivity contribution is 0.256. The fourth-order valence-electron chi connectivity index (χ4n) is 3.54. The zero-order valence-corrected chi connectivity index (χ0v) is 21.6. The van der Waals surface area contributed by atoms with Crippen molar-refractivity contribution in [3.05, 3.63) is 74.6 Å². The van der Waals surface area contributed by atoms with Gasteiger partial charge in [0.05, 0.1) is 25.9 Å². The molecule has 0 aliphatic heterocycles. The molecule has 2 aromatic heterocycles. The molecule has 36 heavy (non-hydrogen) atoms. The lowest BCUT2D eigenvalue weighted by Crippen LogP contribution is -2.33. The molecule has 1 aliphatic rings. The summed E-state index contributed by atoms with van der Waals surface area (Å²) in [6, 6.07) is 11.6. The molecule has 0 bridgehead atoms. The number of hydrogen-bond acceptors (Lipinski definition) is 7. The number of amides is 2. The highest BCUT2D eigenvalue weighted by Gasteiger charge is 2.21. The maximum atomic E-state index is 13.1. The van der Waals surface area contributed by atoms with E-state index in [1.54, 1.807) is 6.07 Å². The third-order valence-electron chi connectivity index (χ3n) is 5.56. The molecule has 1 aliphatic carbocycles. The minimum Gasteiger partial charge on any atom is -0.385 e. The van der Waals surface area contributed by atoms with Crippen molar-refractivity contribution in [2.24, 2.45) is 5.92 Å². The molecule has 2 aromatic carbocycles. The second kappa shape index (κ2) is 9.74. The van der Waals surface area contributed by atoms with Crippen LogP contribution in [0, 0.1) is 5.92 Å². The molecule has 186 valence electrons. The monoisotopic (exact) mass is 563 g/mol. The lowest BCUT2D eigenvalue weighted by atomic mass is 10.2. The summed E-state index contributed by atoms with van der Waals surface area (Å²) in [6.45, 7) is 0.908. The number of urea groups is 1. The van der Waals surface area contributed by atoms with Crippen LogP contribution in [0.25, 0.3) is 16.6 Å². The Bertz CT molecular complexity index is 1650. The van der Waals surface area contributed by atoms with Crippen molar-refractivity contribution in [2.75, 3.05) is 17.2 Å². The van der Waals surface area contributed by atoms with E-state index in [4.69, 9.17) is 23.2 Å². The fraction of sp³-hybridized carbons (Fsp3) is 0.174. The van der Waals surface area contributed by atoms with Gasteiger partial charge in [-0.05, 0) is 67.3 Å². The number of sulfonamides is 1. The van der Waals surface area contributed by atoms with Crippen LogP contribution in [-0.2, 0) is 10.0 Å². The largest absolute Gasteiger partial charge is 0.385 e. The van der Waals surface area contributed by atoms with Crippen LogP contribution in [0.3, 0.4) is 0 Å². The predicted molar refractivity (Wildman–Crippen MR) is 142 cm³/mol. The molecule has 5 rings (SSSR count). The van der Waals surface area contributed by atoms with Crippen molar-refractivity contribution in [1.29, 1.82) is 0 Å². The van der Waals surface area contributed by atoms with Gasteiger partial charge in [0.2, 0.25) is 0 Å². The van der Waals surface area contributed by atoms with Crippen LogP contribution in [0.15, 0.2) is 63.9 Å². The summed E-state index contributed by atoms with van der Waals surface area (Å²) in [6.07, 6.45) is 3.88. The maximum absolute atomic E-state index is 13.1. The molecule has 1 fully saturated rings. The number of aromatic nitrogens is 2. The first-order chi connectivity index (χ1) is 17.2. The molecule has 0 radical (unpaired) electrons. The molecular weight excluding hydrogens is 545 g/mol. The van der Waals surface area contributed by atoms with E-state index in [0.717, 1.165) is 29.5 Å². The van der Waals surface area contributed by atoms with Crippen molar-refractivity contribution in [1.82, 2.24) is 14.3 Å². The van der Waals surface area contributed by atoms with E-state index < -0.39 is 16.1 Å². The van der Waals surface area contributed by atoms with Crippen molar-refractivity contribution in [3.8, 4) is 5.69 Å². The number of nitrogens with zero attached hydrogens (tertiary/aromatic N) is 2. The number of benzene rings is 2. The fourth-order valence-corrected chi connectivity index (χ4v) is 6.20. The SMILES string of the molecule is O=C(Nc1ccc(-n2cnc3cc(NCC4CC4)ccc3c2=O)c(Cl)c1)NS(=O)(=O)c1ccc(Cl)s1. The first kappa shape index (κ1) is 24.6. The third-order valence-corrected chi connectivity index (χ3v) is 8.91. The topological polar surface area (TPSA) is 122 Å². The Morgan fingerprint density at radius 3 is 2.56 bits per heavy atom. The number of carbonyl (C=O) groups is 1. The van der Waals surface area contributed by atoms with E-state index >= 15 is 0 Å². The Morgan fingerprint density at radius 2 is 1.86 bits per heavy atom. The maximum Gasteiger partial charge on any atom is 0.333 e. The second-order valence-electron chi connectivity index (χ2n) is 8.26. The number of thiophene rings is 1. The number of nitrogens with one attached hydrogen (secondary N) is 3. The Hall–Kier alpha value is -3.12. The second-order valence-corrected chi connectivity index (χ2v) is 12.3. The van der Waals surface area contributed by atoms with Crippen molar-refractivity contribution in [2.45, 2.75) is 17.1 Å².